The molecule has 4 heterocycles. The second kappa shape index (κ2) is 7.12. The fourth-order valence-electron chi connectivity index (χ4n) is 7.86. The molecule has 2 unspecified atom stereocenters. The Bertz CT molecular complexity index is 2300. The number of benzene rings is 5. The Kier molecular flexibility index (Phi) is 3.71. The van der Waals surface area contributed by atoms with Crippen LogP contribution in [0.2, 0.25) is 0 Å². The summed E-state index contributed by atoms with van der Waals surface area (Å²) in [5.41, 5.74) is 12.5. The molecule has 40 heavy (non-hydrogen) atoms. The number of hydrazine groups is 1. The summed E-state index contributed by atoms with van der Waals surface area (Å²) in [7, 11) is 0. The van der Waals surface area contributed by atoms with Gasteiger partial charge in [-0.15, -0.1) is 0 Å². The van der Waals surface area contributed by atoms with Gasteiger partial charge in [0, 0.05) is 38.5 Å². The highest BCUT2D eigenvalue weighted by molar-refractivity contribution is 6.26. The number of para-hydroxylation sites is 3. The molecular formula is C36H24N4. The lowest BCUT2D eigenvalue weighted by Gasteiger charge is -2.28. The number of fused-ring (bicyclic) bond motifs is 9. The fraction of sp³-hybridized carbons (Fsp3) is 0.0556. The van der Waals surface area contributed by atoms with Crippen molar-refractivity contribution in [2.45, 2.75) is 12.0 Å². The number of hydrogen-bond donors (Lipinski definition) is 1. The molecule has 0 saturated heterocycles. The first-order valence-electron chi connectivity index (χ1n) is 13.9. The van der Waals surface area contributed by atoms with Gasteiger partial charge in [-0.3, -0.25) is 0 Å². The molecule has 3 aliphatic rings. The van der Waals surface area contributed by atoms with Crippen molar-refractivity contribution in [1.29, 1.82) is 0 Å². The summed E-state index contributed by atoms with van der Waals surface area (Å²) >= 11 is 0. The van der Waals surface area contributed by atoms with Crippen LogP contribution >= 0.6 is 0 Å². The number of hydrogen-bond acceptors (Lipinski definition) is 2. The van der Waals surface area contributed by atoms with Gasteiger partial charge in [-0.05, 0) is 41.5 Å². The van der Waals surface area contributed by atoms with Gasteiger partial charge in [-0.25, -0.2) is 5.84 Å². The van der Waals surface area contributed by atoms with Crippen molar-refractivity contribution >= 4 is 55.0 Å². The molecule has 188 valence electrons. The lowest BCUT2D eigenvalue weighted by molar-refractivity contribution is 0.690. The van der Waals surface area contributed by atoms with Crippen LogP contribution in [0.15, 0.2) is 121 Å². The van der Waals surface area contributed by atoms with Crippen molar-refractivity contribution in [2.75, 3.05) is 5.01 Å². The van der Waals surface area contributed by atoms with Crippen LogP contribution < -0.4 is 10.9 Å². The number of allylic oxidation sites excluding steroid dienone is 2. The summed E-state index contributed by atoms with van der Waals surface area (Å²) in [6.07, 6.45) is 6.77. The van der Waals surface area contributed by atoms with Gasteiger partial charge in [0.2, 0.25) is 0 Å². The van der Waals surface area contributed by atoms with Crippen LogP contribution in [0.1, 0.15) is 11.5 Å². The number of rotatable bonds is 1. The van der Waals surface area contributed by atoms with E-state index in [2.05, 4.69) is 130 Å². The molecule has 2 aromatic heterocycles. The van der Waals surface area contributed by atoms with Crippen molar-refractivity contribution < 1.29 is 0 Å². The van der Waals surface area contributed by atoms with Crippen LogP contribution in [0.5, 0.6) is 0 Å². The zero-order chi connectivity index (χ0) is 26.1. The second-order valence-electron chi connectivity index (χ2n) is 11.2. The summed E-state index contributed by atoms with van der Waals surface area (Å²) in [6, 6.07) is 37.7. The topological polar surface area (TPSA) is 39.1 Å². The van der Waals surface area contributed by atoms with E-state index >= 15 is 0 Å². The standard InChI is InChI=1S/C36H24N4/c37-40-30-17-7-12-23-24-13-6-14-25-27-20-19-26-22-11-4-5-15-28(22)38(21-9-2-1-3-10-21)35(26)36(27)39(34(24)25)29-16-8-18-31(40)33(29)32(23)30/h1-20,31,33H,37H2. The molecule has 5 aromatic carbocycles. The first-order valence-corrected chi connectivity index (χ1v) is 13.9. The predicted octanol–water partition coefficient (Wildman–Crippen LogP) is 8.13. The van der Waals surface area contributed by atoms with E-state index in [9.17, 15) is 0 Å². The summed E-state index contributed by atoms with van der Waals surface area (Å²) in [5, 5.41) is 7.07. The molecule has 1 aliphatic carbocycles. The zero-order valence-corrected chi connectivity index (χ0v) is 21.6. The third-order valence-electron chi connectivity index (χ3n) is 9.38. The minimum Gasteiger partial charge on any atom is -0.310 e. The minimum atomic E-state index is 0.0807. The molecule has 0 saturated carbocycles. The summed E-state index contributed by atoms with van der Waals surface area (Å²) in [6.45, 7) is 0. The van der Waals surface area contributed by atoms with Gasteiger partial charge in [0.05, 0.1) is 39.7 Å². The van der Waals surface area contributed by atoms with E-state index in [1.54, 1.807) is 0 Å². The van der Waals surface area contributed by atoms with Crippen molar-refractivity contribution in [1.82, 2.24) is 9.13 Å². The van der Waals surface area contributed by atoms with Crippen LogP contribution in [-0.4, -0.2) is 15.2 Å². The van der Waals surface area contributed by atoms with Crippen molar-refractivity contribution in [3.8, 4) is 16.8 Å². The molecule has 0 amide bonds. The molecule has 0 bridgehead atoms. The minimum absolute atomic E-state index is 0.0807. The number of aromatic nitrogens is 2. The fourth-order valence-corrected chi connectivity index (χ4v) is 7.86. The van der Waals surface area contributed by atoms with Gasteiger partial charge in [-0.1, -0.05) is 91.0 Å². The van der Waals surface area contributed by atoms with E-state index in [0.717, 1.165) is 5.69 Å². The highest BCUT2D eigenvalue weighted by Gasteiger charge is 2.44. The van der Waals surface area contributed by atoms with E-state index in [1.165, 1.54) is 71.7 Å². The number of nitrogens with two attached hydrogens (primary N) is 1. The molecule has 4 heteroatoms. The Labute approximate surface area is 230 Å². The van der Waals surface area contributed by atoms with E-state index < -0.39 is 0 Å². The Morgan fingerprint density at radius 3 is 2.17 bits per heavy atom. The maximum atomic E-state index is 6.80. The molecule has 2 N–H and O–H groups in total. The molecular weight excluding hydrogens is 488 g/mol. The molecule has 2 aliphatic heterocycles. The van der Waals surface area contributed by atoms with E-state index in [1.807, 2.05) is 5.01 Å². The van der Waals surface area contributed by atoms with Gasteiger partial charge in [0.25, 0.3) is 0 Å². The maximum Gasteiger partial charge on any atom is 0.0788 e. The smallest absolute Gasteiger partial charge is 0.0788 e. The largest absolute Gasteiger partial charge is 0.310 e. The molecule has 0 spiro atoms. The average molecular weight is 513 g/mol. The molecule has 2 atom stereocenters. The Hall–Kier alpha value is -5.06. The Morgan fingerprint density at radius 1 is 0.575 bits per heavy atom. The first-order chi connectivity index (χ1) is 19.8. The molecule has 0 fully saturated rings. The van der Waals surface area contributed by atoms with Crippen LogP contribution in [0.3, 0.4) is 0 Å². The van der Waals surface area contributed by atoms with Crippen LogP contribution in [-0.2, 0) is 0 Å². The lowest BCUT2D eigenvalue weighted by Crippen LogP contribution is -2.39. The van der Waals surface area contributed by atoms with Gasteiger partial charge in [0.1, 0.15) is 0 Å². The van der Waals surface area contributed by atoms with Gasteiger partial charge >= 0.3 is 0 Å². The molecule has 10 rings (SSSR count). The van der Waals surface area contributed by atoms with Crippen LogP contribution in [0.4, 0.5) is 5.69 Å². The summed E-state index contributed by atoms with van der Waals surface area (Å²) in [5.74, 6) is 6.95. The van der Waals surface area contributed by atoms with E-state index in [-0.39, 0.29) is 12.0 Å². The van der Waals surface area contributed by atoms with Gasteiger partial charge in [-0.2, -0.15) is 0 Å². The SMILES string of the molecule is NN1c2cccc3c2C2C(=CC=CC21)n1c2c-3cccc2c2ccc3c4ccccc4n(-c4ccccc4)c3c21. The van der Waals surface area contributed by atoms with Crippen LogP contribution in [0.25, 0.3) is 66.1 Å². The molecule has 0 radical (unpaired) electrons. The second-order valence-corrected chi connectivity index (χ2v) is 11.2. The Balaban J connectivity index is 1.49. The molecule has 4 nitrogen and oxygen atoms in total. The van der Waals surface area contributed by atoms with Gasteiger partial charge in [0.15, 0.2) is 0 Å². The zero-order valence-electron chi connectivity index (χ0n) is 21.6. The van der Waals surface area contributed by atoms with Crippen molar-refractivity contribution in [2.24, 2.45) is 5.84 Å². The number of anilines is 1. The normalized spacial score (nSPS) is 18.6. The third-order valence-corrected chi connectivity index (χ3v) is 9.38. The quantitative estimate of drug-likeness (QED) is 0.226. The number of nitrogens with zero attached hydrogens (tertiary/aromatic N) is 3. The summed E-state index contributed by atoms with van der Waals surface area (Å²) < 4.78 is 5.03. The van der Waals surface area contributed by atoms with Crippen molar-refractivity contribution in [3.05, 3.63) is 127 Å². The highest BCUT2D eigenvalue weighted by Crippen LogP contribution is 2.56. The summed E-state index contributed by atoms with van der Waals surface area (Å²) in [4.78, 5) is 0. The maximum absolute atomic E-state index is 6.80. The highest BCUT2D eigenvalue weighted by atomic mass is 15.4. The Morgan fingerprint density at radius 2 is 1.27 bits per heavy atom. The average Bonchev–Trinajstić information content (AvgIpc) is 3.60. The van der Waals surface area contributed by atoms with Crippen LogP contribution in [0, 0.1) is 0 Å². The van der Waals surface area contributed by atoms with E-state index in [0.29, 0.717) is 0 Å². The van der Waals surface area contributed by atoms with Gasteiger partial charge < -0.3 is 14.1 Å². The lowest BCUT2D eigenvalue weighted by atomic mass is 9.85. The third kappa shape index (κ3) is 2.30. The monoisotopic (exact) mass is 512 g/mol. The first kappa shape index (κ1) is 20.8. The van der Waals surface area contributed by atoms with E-state index in [4.69, 9.17) is 5.84 Å². The van der Waals surface area contributed by atoms with Crippen molar-refractivity contribution in [3.63, 3.8) is 0 Å². The predicted molar refractivity (Wildman–Crippen MR) is 166 cm³/mol. The molecule has 7 aromatic rings.